The summed E-state index contributed by atoms with van der Waals surface area (Å²) in [5, 5.41) is 6.05. The van der Waals surface area contributed by atoms with Gasteiger partial charge in [0, 0.05) is 26.8 Å². The number of rotatable bonds is 5. The summed E-state index contributed by atoms with van der Waals surface area (Å²) in [6.45, 7) is 3.82. The summed E-state index contributed by atoms with van der Waals surface area (Å²) < 4.78 is 20.3. The molecule has 1 amide bonds. The number of nitrogens with one attached hydrogen (secondary N) is 2. The predicted molar refractivity (Wildman–Crippen MR) is 125 cm³/mol. The molecule has 0 bridgehead atoms. The number of nitrogens with zero attached hydrogens (tertiary/aromatic N) is 4. The number of aromatic nitrogens is 4. The van der Waals surface area contributed by atoms with Crippen molar-refractivity contribution < 1.29 is 19.0 Å². The van der Waals surface area contributed by atoms with Crippen molar-refractivity contribution in [3.8, 4) is 0 Å². The molecule has 2 aliphatic heterocycles. The Morgan fingerprint density at radius 1 is 1.12 bits per heavy atom. The molecule has 10 nitrogen and oxygen atoms in total. The Kier molecular flexibility index (Phi) is 6.70. The number of hydrogen-bond acceptors (Lipinski definition) is 8. The minimum atomic E-state index is -0.781. The first-order chi connectivity index (χ1) is 16.7. The number of carbonyl (C=O) groups excluding carboxylic acids is 1. The Morgan fingerprint density at radius 2 is 1.94 bits per heavy atom. The summed E-state index contributed by atoms with van der Waals surface area (Å²) >= 11 is 0. The lowest BCUT2D eigenvalue weighted by atomic mass is 10.1. The monoisotopic (exact) mass is 466 g/mol. The van der Waals surface area contributed by atoms with Crippen LogP contribution in [0.5, 0.6) is 0 Å². The first-order valence-electron chi connectivity index (χ1n) is 11.7. The van der Waals surface area contributed by atoms with Crippen LogP contribution < -0.4 is 10.6 Å². The molecule has 0 aliphatic carbocycles. The Bertz CT molecular complexity index is 1150. The molecule has 34 heavy (non-hydrogen) atoms. The number of hydrogen-bond donors (Lipinski definition) is 2. The highest BCUT2D eigenvalue weighted by atomic mass is 16.6. The third kappa shape index (κ3) is 4.48. The smallest absolute Gasteiger partial charge is 0.251 e. The predicted octanol–water partition coefficient (Wildman–Crippen LogP) is 2.34. The number of ether oxygens (including phenoxy) is 3. The van der Waals surface area contributed by atoms with Crippen LogP contribution in [0.2, 0.25) is 0 Å². The highest BCUT2D eigenvalue weighted by molar-refractivity contribution is 5.83. The van der Waals surface area contributed by atoms with E-state index in [4.69, 9.17) is 14.2 Å². The fraction of sp³-hybridized carbons (Fsp3) is 0.500. The zero-order valence-electron chi connectivity index (χ0n) is 19.4. The van der Waals surface area contributed by atoms with Crippen LogP contribution in [0.4, 0.5) is 5.82 Å². The number of imidazole rings is 1. The van der Waals surface area contributed by atoms with Crippen molar-refractivity contribution in [3.05, 3.63) is 48.0 Å². The van der Waals surface area contributed by atoms with Gasteiger partial charge in [0.05, 0.1) is 6.33 Å². The van der Waals surface area contributed by atoms with Gasteiger partial charge in [-0.1, -0.05) is 29.8 Å². The van der Waals surface area contributed by atoms with Crippen molar-refractivity contribution in [1.82, 2.24) is 24.8 Å². The van der Waals surface area contributed by atoms with Gasteiger partial charge in [-0.3, -0.25) is 9.36 Å². The minimum absolute atomic E-state index is 0.236. The highest BCUT2D eigenvalue weighted by Gasteiger charge is 2.50. The van der Waals surface area contributed by atoms with Crippen LogP contribution >= 0.6 is 0 Å². The molecule has 2 aromatic heterocycles. The average Bonchev–Trinajstić information content (AvgIpc) is 3.45. The van der Waals surface area contributed by atoms with Crippen LogP contribution in [0.15, 0.2) is 36.9 Å². The molecule has 1 aromatic carbocycles. The molecule has 0 saturated carbocycles. The second-order valence-electron chi connectivity index (χ2n) is 8.68. The van der Waals surface area contributed by atoms with Gasteiger partial charge in [-0.25, -0.2) is 15.0 Å². The van der Waals surface area contributed by atoms with Gasteiger partial charge in [0.2, 0.25) is 0 Å². The van der Waals surface area contributed by atoms with Crippen LogP contribution in [-0.4, -0.2) is 64.0 Å². The standard InChI is InChI=1S/C24H30N6O4/c1-15-7-6-8-16(11-15)12-26-21-17-22(28-13-27-21)30(14-29-17)24-20-18(19(34-24)23(31)25-2)32-9-4-3-5-10-33-20/h6-8,11,13-14,18-20,24H,3-5,9-10,12H2,1-2H3,(H,25,31)(H,26,27,28)/t18-,19+,20-,24-/m1/s1. The molecule has 5 rings (SSSR count). The largest absolute Gasteiger partial charge is 0.372 e. The van der Waals surface area contributed by atoms with Gasteiger partial charge in [-0.2, -0.15) is 0 Å². The first-order valence-corrected chi connectivity index (χ1v) is 11.7. The van der Waals surface area contributed by atoms with E-state index in [0.717, 1.165) is 24.8 Å². The first kappa shape index (κ1) is 22.7. The molecular weight excluding hydrogens is 436 g/mol. The maximum Gasteiger partial charge on any atom is 0.251 e. The lowest BCUT2D eigenvalue weighted by Crippen LogP contribution is -2.44. The molecule has 2 fully saturated rings. The summed E-state index contributed by atoms with van der Waals surface area (Å²) in [7, 11) is 1.59. The van der Waals surface area contributed by atoms with E-state index >= 15 is 0 Å². The van der Waals surface area contributed by atoms with E-state index in [1.165, 1.54) is 11.9 Å². The molecule has 2 saturated heterocycles. The second kappa shape index (κ2) is 10.0. The molecular formula is C24H30N6O4. The topological polar surface area (TPSA) is 112 Å². The van der Waals surface area contributed by atoms with Gasteiger partial charge >= 0.3 is 0 Å². The van der Waals surface area contributed by atoms with Gasteiger partial charge in [0.1, 0.15) is 18.5 Å². The quantitative estimate of drug-likeness (QED) is 0.589. The lowest BCUT2D eigenvalue weighted by Gasteiger charge is -2.24. The van der Waals surface area contributed by atoms with Crippen LogP contribution in [0, 0.1) is 6.92 Å². The molecule has 4 atom stereocenters. The molecule has 2 aliphatic rings. The molecule has 0 unspecified atom stereocenters. The van der Waals surface area contributed by atoms with E-state index in [0.29, 0.717) is 36.7 Å². The average molecular weight is 467 g/mol. The number of benzene rings is 1. The van der Waals surface area contributed by atoms with Crippen molar-refractivity contribution in [1.29, 1.82) is 0 Å². The fourth-order valence-electron chi connectivity index (χ4n) is 4.57. The molecule has 0 radical (unpaired) electrons. The van der Waals surface area contributed by atoms with Crippen molar-refractivity contribution in [2.24, 2.45) is 0 Å². The molecule has 3 aromatic rings. The van der Waals surface area contributed by atoms with Crippen LogP contribution in [0.25, 0.3) is 11.2 Å². The van der Waals surface area contributed by atoms with Gasteiger partial charge in [0.25, 0.3) is 5.91 Å². The number of fused-ring (bicyclic) bond motifs is 2. The van der Waals surface area contributed by atoms with Gasteiger partial charge in [-0.05, 0) is 31.7 Å². The number of anilines is 1. The van der Waals surface area contributed by atoms with E-state index in [1.54, 1.807) is 13.4 Å². The number of aryl methyl sites for hydroxylation is 1. The van der Waals surface area contributed by atoms with Gasteiger partial charge < -0.3 is 24.8 Å². The van der Waals surface area contributed by atoms with Crippen LogP contribution in [0.1, 0.15) is 36.6 Å². The second-order valence-corrected chi connectivity index (χ2v) is 8.68. The zero-order chi connectivity index (χ0) is 23.5. The third-order valence-corrected chi connectivity index (χ3v) is 6.28. The van der Waals surface area contributed by atoms with E-state index in [2.05, 4.69) is 50.7 Å². The Balaban J connectivity index is 1.44. The van der Waals surface area contributed by atoms with E-state index in [1.807, 2.05) is 10.6 Å². The Morgan fingerprint density at radius 3 is 2.74 bits per heavy atom. The number of carbonyl (C=O) groups is 1. The number of amides is 1. The molecule has 4 heterocycles. The Hall–Kier alpha value is -3.08. The Labute approximate surface area is 198 Å². The van der Waals surface area contributed by atoms with Crippen molar-refractivity contribution in [2.45, 2.75) is 57.3 Å². The summed E-state index contributed by atoms with van der Waals surface area (Å²) in [6, 6.07) is 8.30. The van der Waals surface area contributed by atoms with Crippen molar-refractivity contribution >= 4 is 22.9 Å². The highest BCUT2D eigenvalue weighted by Crippen LogP contribution is 2.36. The SMILES string of the molecule is CNC(=O)[C@H]1O[C@@H](n2cnc3c(NCc4cccc(C)c4)ncnc32)[C@@H]2OCCCCCO[C@@H]21. The fourth-order valence-corrected chi connectivity index (χ4v) is 4.57. The van der Waals surface area contributed by atoms with Crippen LogP contribution in [0.3, 0.4) is 0 Å². The lowest BCUT2D eigenvalue weighted by molar-refractivity contribution is -0.139. The van der Waals surface area contributed by atoms with E-state index in [9.17, 15) is 4.79 Å². The van der Waals surface area contributed by atoms with Crippen LogP contribution in [-0.2, 0) is 25.5 Å². The summed E-state index contributed by atoms with van der Waals surface area (Å²) in [6.07, 6.45) is 3.69. The molecule has 10 heteroatoms. The summed E-state index contributed by atoms with van der Waals surface area (Å²) in [5.41, 5.74) is 3.58. The zero-order valence-corrected chi connectivity index (χ0v) is 19.4. The summed E-state index contributed by atoms with van der Waals surface area (Å²) in [5.74, 6) is 0.397. The minimum Gasteiger partial charge on any atom is -0.372 e. The molecule has 180 valence electrons. The third-order valence-electron chi connectivity index (χ3n) is 6.28. The normalized spacial score (nSPS) is 25.2. The van der Waals surface area contributed by atoms with Crippen molar-refractivity contribution in [2.75, 3.05) is 25.6 Å². The maximum absolute atomic E-state index is 12.6. The van der Waals surface area contributed by atoms with E-state index < -0.39 is 24.5 Å². The van der Waals surface area contributed by atoms with Gasteiger partial charge in [-0.15, -0.1) is 0 Å². The maximum atomic E-state index is 12.6. The number of likely N-dealkylation sites (N-methyl/N-ethyl adjacent to an activating group) is 1. The molecule has 2 N–H and O–H groups in total. The summed E-state index contributed by atoms with van der Waals surface area (Å²) in [4.78, 5) is 26.1. The van der Waals surface area contributed by atoms with E-state index in [-0.39, 0.29) is 5.91 Å². The van der Waals surface area contributed by atoms with Crippen molar-refractivity contribution in [3.63, 3.8) is 0 Å². The molecule has 0 spiro atoms. The van der Waals surface area contributed by atoms with Gasteiger partial charge in [0.15, 0.2) is 29.3 Å².